The molecule has 2 aliphatic heterocycles. The summed E-state index contributed by atoms with van der Waals surface area (Å²) in [6.45, 7) is 3.35. The predicted octanol–water partition coefficient (Wildman–Crippen LogP) is 5.20. The molecule has 26 heavy (non-hydrogen) atoms. The lowest BCUT2D eigenvalue weighted by molar-refractivity contribution is 0.189. The highest BCUT2D eigenvalue weighted by molar-refractivity contribution is 5.72. The molecule has 0 spiro atoms. The number of likely N-dealkylation sites (tertiary alicyclic amines) is 1. The summed E-state index contributed by atoms with van der Waals surface area (Å²) in [4.78, 5) is 5.21. The Morgan fingerprint density at radius 1 is 0.769 bits per heavy atom. The number of nitrogens with zero attached hydrogens (tertiary/aromatic N) is 2. The van der Waals surface area contributed by atoms with Crippen molar-refractivity contribution in [3.05, 3.63) is 96.1 Å². The lowest BCUT2D eigenvalue weighted by Gasteiger charge is -2.39. The van der Waals surface area contributed by atoms with E-state index in [4.69, 9.17) is 0 Å². The zero-order chi connectivity index (χ0) is 17.3. The van der Waals surface area contributed by atoms with Gasteiger partial charge in [0.2, 0.25) is 0 Å². The lowest BCUT2D eigenvalue weighted by atomic mass is 9.89. The van der Waals surface area contributed by atoms with Crippen molar-refractivity contribution in [3.8, 4) is 0 Å². The summed E-state index contributed by atoms with van der Waals surface area (Å²) in [7, 11) is 0. The summed E-state index contributed by atoms with van der Waals surface area (Å²) in [5.41, 5.74) is 5.65. The number of fused-ring (bicyclic) bond motifs is 3. The molecule has 0 N–H and O–H groups in total. The molecule has 1 fully saturated rings. The van der Waals surface area contributed by atoms with Crippen LogP contribution in [0.4, 0.5) is 11.4 Å². The first kappa shape index (κ1) is 15.7. The second-order valence-corrected chi connectivity index (χ2v) is 7.45. The van der Waals surface area contributed by atoms with Crippen LogP contribution in [0.3, 0.4) is 0 Å². The number of hydrogen-bond acceptors (Lipinski definition) is 2. The Balaban J connectivity index is 1.45. The number of rotatable bonds is 3. The SMILES string of the molecule is c1ccc(CN2CC[C@H]3[C@@H](C2)c2ccccc2N3c2ccccc2)cc1. The number of anilines is 2. The van der Waals surface area contributed by atoms with Crippen molar-refractivity contribution in [3.63, 3.8) is 0 Å². The molecule has 2 heterocycles. The first-order valence-electron chi connectivity index (χ1n) is 9.59. The minimum absolute atomic E-state index is 0.571. The van der Waals surface area contributed by atoms with Crippen LogP contribution in [0, 0.1) is 0 Å². The zero-order valence-corrected chi connectivity index (χ0v) is 15.0. The van der Waals surface area contributed by atoms with Crippen LogP contribution in [0.2, 0.25) is 0 Å². The highest BCUT2D eigenvalue weighted by atomic mass is 15.2. The molecule has 1 saturated heterocycles. The van der Waals surface area contributed by atoms with E-state index in [9.17, 15) is 0 Å². The largest absolute Gasteiger partial charge is 0.337 e. The van der Waals surface area contributed by atoms with Gasteiger partial charge < -0.3 is 4.90 Å². The first-order valence-corrected chi connectivity index (χ1v) is 9.59. The van der Waals surface area contributed by atoms with Crippen molar-refractivity contribution < 1.29 is 0 Å². The molecule has 0 unspecified atom stereocenters. The summed E-state index contributed by atoms with van der Waals surface area (Å²) in [5.74, 6) is 0.587. The Kier molecular flexibility index (Phi) is 3.99. The van der Waals surface area contributed by atoms with E-state index in [1.165, 1.54) is 28.9 Å². The van der Waals surface area contributed by atoms with E-state index in [1.54, 1.807) is 0 Å². The number of hydrogen-bond donors (Lipinski definition) is 0. The number of para-hydroxylation sites is 2. The molecule has 2 aliphatic rings. The quantitative estimate of drug-likeness (QED) is 0.647. The molecule has 5 rings (SSSR count). The lowest BCUT2D eigenvalue weighted by Crippen LogP contribution is -2.44. The smallest absolute Gasteiger partial charge is 0.0450 e. The van der Waals surface area contributed by atoms with E-state index >= 15 is 0 Å². The molecule has 0 saturated carbocycles. The van der Waals surface area contributed by atoms with Gasteiger partial charge in [-0.15, -0.1) is 0 Å². The molecule has 130 valence electrons. The van der Waals surface area contributed by atoms with E-state index in [0.717, 1.165) is 19.6 Å². The van der Waals surface area contributed by atoms with Crippen molar-refractivity contribution in [1.82, 2.24) is 4.90 Å². The van der Waals surface area contributed by atoms with Gasteiger partial charge in [0.25, 0.3) is 0 Å². The normalized spacial score (nSPS) is 22.1. The molecule has 0 bridgehead atoms. The molecular formula is C24H24N2. The van der Waals surface area contributed by atoms with E-state index in [-0.39, 0.29) is 0 Å². The number of piperidine rings is 1. The molecule has 0 aromatic heterocycles. The maximum absolute atomic E-state index is 2.63. The third kappa shape index (κ3) is 2.71. The average Bonchev–Trinajstić information content (AvgIpc) is 3.03. The molecule has 0 radical (unpaired) electrons. The maximum Gasteiger partial charge on any atom is 0.0450 e. The van der Waals surface area contributed by atoms with Crippen LogP contribution in [-0.2, 0) is 6.54 Å². The van der Waals surface area contributed by atoms with E-state index < -0.39 is 0 Å². The highest BCUT2D eigenvalue weighted by Crippen LogP contribution is 2.48. The standard InChI is InChI=1S/C24H24N2/c1-3-9-19(10-4-1)17-25-16-15-24-22(18-25)21-13-7-8-14-23(21)26(24)20-11-5-2-6-12-20/h1-14,22,24H,15-18H2/t22-,24-/m0/s1. The van der Waals surface area contributed by atoms with Crippen LogP contribution >= 0.6 is 0 Å². The van der Waals surface area contributed by atoms with Gasteiger partial charge in [0.1, 0.15) is 0 Å². The molecule has 0 amide bonds. The molecule has 0 aliphatic carbocycles. The van der Waals surface area contributed by atoms with Crippen LogP contribution in [0.15, 0.2) is 84.9 Å². The molecule has 2 nitrogen and oxygen atoms in total. The summed E-state index contributed by atoms with van der Waals surface area (Å²) in [6, 6.07) is 31.3. The van der Waals surface area contributed by atoms with Gasteiger partial charge in [0, 0.05) is 43.0 Å². The van der Waals surface area contributed by atoms with Gasteiger partial charge in [-0.05, 0) is 35.7 Å². The Labute approximate surface area is 155 Å². The Morgan fingerprint density at radius 3 is 2.27 bits per heavy atom. The second-order valence-electron chi connectivity index (χ2n) is 7.45. The van der Waals surface area contributed by atoms with Crippen LogP contribution in [0.25, 0.3) is 0 Å². The summed E-state index contributed by atoms with van der Waals surface area (Å²) < 4.78 is 0. The molecule has 2 atom stereocenters. The van der Waals surface area contributed by atoms with Gasteiger partial charge in [-0.25, -0.2) is 0 Å². The first-order chi connectivity index (χ1) is 12.9. The van der Waals surface area contributed by atoms with Crippen LogP contribution in [-0.4, -0.2) is 24.0 Å². The highest BCUT2D eigenvalue weighted by Gasteiger charge is 2.42. The maximum atomic E-state index is 2.63. The Bertz CT molecular complexity index is 875. The van der Waals surface area contributed by atoms with Crippen molar-refractivity contribution in [2.45, 2.75) is 24.9 Å². The van der Waals surface area contributed by atoms with Crippen molar-refractivity contribution in [2.75, 3.05) is 18.0 Å². The van der Waals surface area contributed by atoms with Crippen molar-refractivity contribution >= 4 is 11.4 Å². The Morgan fingerprint density at radius 2 is 1.46 bits per heavy atom. The summed E-state index contributed by atoms with van der Waals surface area (Å²) >= 11 is 0. The second kappa shape index (κ2) is 6.62. The van der Waals surface area contributed by atoms with Crippen LogP contribution < -0.4 is 4.90 Å². The monoisotopic (exact) mass is 340 g/mol. The molecule has 3 aromatic carbocycles. The molecule has 2 heteroatoms. The Hall–Kier alpha value is -2.58. The van der Waals surface area contributed by atoms with Gasteiger partial charge in [-0.2, -0.15) is 0 Å². The predicted molar refractivity (Wildman–Crippen MR) is 108 cm³/mol. The third-order valence-corrected chi connectivity index (χ3v) is 5.87. The zero-order valence-electron chi connectivity index (χ0n) is 15.0. The molecule has 3 aromatic rings. The topological polar surface area (TPSA) is 6.48 Å². The fourth-order valence-corrected chi connectivity index (χ4v) is 4.73. The number of benzene rings is 3. The fourth-order valence-electron chi connectivity index (χ4n) is 4.73. The van der Waals surface area contributed by atoms with Crippen molar-refractivity contribution in [2.24, 2.45) is 0 Å². The average molecular weight is 340 g/mol. The summed E-state index contributed by atoms with van der Waals surface area (Å²) in [6.07, 6.45) is 1.21. The summed E-state index contributed by atoms with van der Waals surface area (Å²) in [5, 5.41) is 0. The minimum atomic E-state index is 0.571. The molecular weight excluding hydrogens is 316 g/mol. The van der Waals surface area contributed by atoms with Gasteiger partial charge in [0.15, 0.2) is 0 Å². The van der Waals surface area contributed by atoms with E-state index in [1.807, 2.05) is 0 Å². The van der Waals surface area contributed by atoms with E-state index in [0.29, 0.717) is 12.0 Å². The minimum Gasteiger partial charge on any atom is -0.337 e. The van der Waals surface area contributed by atoms with Gasteiger partial charge >= 0.3 is 0 Å². The third-order valence-electron chi connectivity index (χ3n) is 5.87. The van der Waals surface area contributed by atoms with Gasteiger partial charge in [-0.1, -0.05) is 66.7 Å². The van der Waals surface area contributed by atoms with Crippen LogP contribution in [0.1, 0.15) is 23.5 Å². The van der Waals surface area contributed by atoms with Gasteiger partial charge in [-0.3, -0.25) is 4.90 Å². The fraction of sp³-hybridized carbons (Fsp3) is 0.250. The van der Waals surface area contributed by atoms with E-state index in [2.05, 4.69) is 94.7 Å². The van der Waals surface area contributed by atoms with Crippen LogP contribution in [0.5, 0.6) is 0 Å². The van der Waals surface area contributed by atoms with Crippen molar-refractivity contribution in [1.29, 1.82) is 0 Å². The van der Waals surface area contributed by atoms with Gasteiger partial charge in [0.05, 0.1) is 0 Å².